The highest BCUT2D eigenvalue weighted by molar-refractivity contribution is 6.05. The van der Waals surface area contributed by atoms with Gasteiger partial charge in [0.2, 0.25) is 0 Å². The molecule has 4 aromatic rings. The molecule has 0 saturated carbocycles. The van der Waals surface area contributed by atoms with Crippen LogP contribution in [0.25, 0.3) is 5.57 Å². The summed E-state index contributed by atoms with van der Waals surface area (Å²) < 4.78 is 0. The van der Waals surface area contributed by atoms with Crippen molar-refractivity contribution in [2.75, 3.05) is 23.7 Å². The standard InChI is InChI=1S/C39H42N4O2/c1-6-9-35(34-11-8-7-10-27(34)4)31-16-14-29(15-17-31)30-20-22-43(23-21-30)39(45)32-13-12-28(5)36(24-32)42-38(44)33-18-19-37(40-25-33)41-26(2)3/h6-19,24-26,30H,1,20-23H2,2-5H3,(H,40,41)(H,42,44)/b35-9-. The van der Waals surface area contributed by atoms with Crippen LogP contribution in [0, 0.1) is 13.8 Å². The summed E-state index contributed by atoms with van der Waals surface area (Å²) in [6, 6.07) is 26.6. The van der Waals surface area contributed by atoms with E-state index in [-0.39, 0.29) is 17.9 Å². The van der Waals surface area contributed by atoms with Crippen molar-refractivity contribution in [2.45, 2.75) is 52.5 Å². The number of aromatic nitrogens is 1. The lowest BCUT2D eigenvalue weighted by Gasteiger charge is -2.32. The number of likely N-dealkylation sites (tertiary alicyclic amines) is 1. The predicted octanol–water partition coefficient (Wildman–Crippen LogP) is 8.41. The van der Waals surface area contributed by atoms with Gasteiger partial charge in [-0.1, -0.05) is 73.3 Å². The maximum Gasteiger partial charge on any atom is 0.257 e. The lowest BCUT2D eigenvalue weighted by molar-refractivity contribution is 0.0712. The molecule has 2 N–H and O–H groups in total. The molecular formula is C39H42N4O2. The number of allylic oxidation sites excluding steroid dienone is 2. The number of hydrogen-bond donors (Lipinski definition) is 2. The first-order valence-electron chi connectivity index (χ1n) is 15.7. The quantitative estimate of drug-likeness (QED) is 0.190. The summed E-state index contributed by atoms with van der Waals surface area (Å²) in [5.41, 5.74) is 8.62. The third kappa shape index (κ3) is 7.58. The zero-order valence-electron chi connectivity index (χ0n) is 26.6. The lowest BCUT2D eigenvalue weighted by atomic mass is 9.87. The molecule has 45 heavy (non-hydrogen) atoms. The molecule has 6 heteroatoms. The summed E-state index contributed by atoms with van der Waals surface area (Å²) >= 11 is 0. The molecule has 6 nitrogen and oxygen atoms in total. The van der Waals surface area contributed by atoms with Crippen LogP contribution < -0.4 is 10.6 Å². The molecule has 1 saturated heterocycles. The van der Waals surface area contributed by atoms with Crippen LogP contribution in [0.1, 0.15) is 81.1 Å². The van der Waals surface area contributed by atoms with Crippen molar-refractivity contribution >= 4 is 28.9 Å². The Morgan fingerprint density at radius 3 is 2.22 bits per heavy atom. The van der Waals surface area contributed by atoms with Crippen molar-refractivity contribution in [3.8, 4) is 0 Å². The minimum Gasteiger partial charge on any atom is -0.368 e. The lowest BCUT2D eigenvalue weighted by Crippen LogP contribution is -2.38. The fourth-order valence-corrected chi connectivity index (χ4v) is 5.86. The SMILES string of the molecule is C=C/C=C(/c1ccc(C2CCN(C(=O)c3ccc(C)c(NC(=O)c4ccc(NC(C)C)nc4)c3)CC2)cc1)c1ccccc1C. The number of carbonyl (C=O) groups excluding carboxylic acids is 2. The molecule has 0 spiro atoms. The smallest absolute Gasteiger partial charge is 0.257 e. The average Bonchev–Trinajstić information content (AvgIpc) is 3.05. The van der Waals surface area contributed by atoms with E-state index >= 15 is 0 Å². The normalized spacial score (nSPS) is 13.9. The van der Waals surface area contributed by atoms with Crippen LogP contribution in [0.5, 0.6) is 0 Å². The van der Waals surface area contributed by atoms with Crippen LogP contribution >= 0.6 is 0 Å². The fourth-order valence-electron chi connectivity index (χ4n) is 5.86. The van der Waals surface area contributed by atoms with Crippen molar-refractivity contribution in [1.29, 1.82) is 0 Å². The molecule has 0 bridgehead atoms. The number of amides is 2. The summed E-state index contributed by atoms with van der Waals surface area (Å²) in [6.45, 7) is 13.4. The van der Waals surface area contributed by atoms with Crippen molar-refractivity contribution in [2.24, 2.45) is 0 Å². The molecule has 1 aliphatic rings. The number of nitrogens with zero attached hydrogens (tertiary/aromatic N) is 2. The minimum absolute atomic E-state index is 0.0116. The highest BCUT2D eigenvalue weighted by Gasteiger charge is 2.25. The molecule has 2 amide bonds. The van der Waals surface area contributed by atoms with E-state index in [0.29, 0.717) is 35.8 Å². The third-order valence-electron chi connectivity index (χ3n) is 8.39. The van der Waals surface area contributed by atoms with Gasteiger partial charge in [-0.15, -0.1) is 0 Å². The molecular weight excluding hydrogens is 556 g/mol. The summed E-state index contributed by atoms with van der Waals surface area (Å²) in [5, 5.41) is 6.19. The van der Waals surface area contributed by atoms with Gasteiger partial charge in [-0.3, -0.25) is 9.59 Å². The van der Waals surface area contributed by atoms with Gasteiger partial charge in [-0.05, 0) is 104 Å². The summed E-state index contributed by atoms with van der Waals surface area (Å²) in [7, 11) is 0. The number of pyridine rings is 1. The minimum atomic E-state index is -0.260. The zero-order valence-corrected chi connectivity index (χ0v) is 26.6. The summed E-state index contributed by atoms with van der Waals surface area (Å²) in [4.78, 5) is 32.7. The van der Waals surface area contributed by atoms with Gasteiger partial charge in [0.15, 0.2) is 0 Å². The predicted molar refractivity (Wildman–Crippen MR) is 185 cm³/mol. The van der Waals surface area contributed by atoms with Crippen LogP contribution in [0.3, 0.4) is 0 Å². The van der Waals surface area contributed by atoms with Gasteiger partial charge >= 0.3 is 0 Å². The highest BCUT2D eigenvalue weighted by atomic mass is 16.2. The van der Waals surface area contributed by atoms with Gasteiger partial charge in [-0.25, -0.2) is 4.98 Å². The fraction of sp³-hybridized carbons (Fsp3) is 0.256. The number of nitrogens with one attached hydrogen (secondary N) is 2. The monoisotopic (exact) mass is 598 g/mol. The molecule has 0 atom stereocenters. The van der Waals surface area contributed by atoms with Crippen LogP contribution in [-0.4, -0.2) is 40.8 Å². The molecule has 2 heterocycles. The van der Waals surface area contributed by atoms with Gasteiger partial charge in [0.05, 0.1) is 5.56 Å². The maximum absolute atomic E-state index is 13.5. The van der Waals surface area contributed by atoms with E-state index in [1.807, 2.05) is 43.9 Å². The molecule has 3 aromatic carbocycles. The number of anilines is 2. The van der Waals surface area contributed by atoms with Crippen molar-refractivity contribution < 1.29 is 9.59 Å². The number of aryl methyl sites for hydroxylation is 2. The molecule has 5 rings (SSSR count). The number of piperidine rings is 1. The van der Waals surface area contributed by atoms with Gasteiger partial charge in [-0.2, -0.15) is 0 Å². The Kier molecular flexibility index (Phi) is 9.93. The van der Waals surface area contributed by atoms with Crippen molar-refractivity contribution in [1.82, 2.24) is 9.88 Å². The topological polar surface area (TPSA) is 74.3 Å². The first kappa shape index (κ1) is 31.5. The molecule has 0 unspecified atom stereocenters. The Morgan fingerprint density at radius 1 is 0.889 bits per heavy atom. The highest BCUT2D eigenvalue weighted by Crippen LogP contribution is 2.32. The summed E-state index contributed by atoms with van der Waals surface area (Å²) in [5.74, 6) is 0.850. The van der Waals surface area contributed by atoms with E-state index in [2.05, 4.69) is 83.7 Å². The van der Waals surface area contributed by atoms with E-state index in [1.54, 1.807) is 24.4 Å². The second-order valence-corrected chi connectivity index (χ2v) is 12.0. The van der Waals surface area contributed by atoms with Crippen molar-refractivity contribution in [3.63, 3.8) is 0 Å². The molecule has 1 aromatic heterocycles. The first-order valence-corrected chi connectivity index (χ1v) is 15.7. The van der Waals surface area contributed by atoms with Crippen LogP contribution in [0.15, 0.2) is 104 Å². The zero-order chi connectivity index (χ0) is 31.9. The van der Waals surface area contributed by atoms with Crippen molar-refractivity contribution in [3.05, 3.63) is 143 Å². The van der Waals surface area contributed by atoms with Crippen LogP contribution in [-0.2, 0) is 0 Å². The number of rotatable bonds is 9. The average molecular weight is 599 g/mol. The molecule has 230 valence electrons. The van der Waals surface area contributed by atoms with Crippen LogP contribution in [0.4, 0.5) is 11.5 Å². The second kappa shape index (κ2) is 14.2. The van der Waals surface area contributed by atoms with E-state index in [0.717, 1.165) is 29.8 Å². The largest absolute Gasteiger partial charge is 0.368 e. The third-order valence-corrected chi connectivity index (χ3v) is 8.39. The molecule has 1 aliphatic heterocycles. The molecule has 1 fully saturated rings. The van der Waals surface area contributed by atoms with Gasteiger partial charge < -0.3 is 15.5 Å². The second-order valence-electron chi connectivity index (χ2n) is 12.0. The van der Waals surface area contributed by atoms with E-state index < -0.39 is 0 Å². The van der Waals surface area contributed by atoms with E-state index in [9.17, 15) is 9.59 Å². The van der Waals surface area contributed by atoms with Gasteiger partial charge in [0.1, 0.15) is 5.82 Å². The Balaban J connectivity index is 1.21. The number of hydrogen-bond acceptors (Lipinski definition) is 4. The Labute approximate surface area is 266 Å². The number of carbonyl (C=O) groups is 2. The number of benzene rings is 3. The van der Waals surface area contributed by atoms with E-state index in [4.69, 9.17) is 0 Å². The first-order chi connectivity index (χ1) is 21.7. The van der Waals surface area contributed by atoms with E-state index in [1.165, 1.54) is 22.3 Å². The Bertz CT molecular complexity index is 1700. The summed E-state index contributed by atoms with van der Waals surface area (Å²) in [6.07, 6.45) is 7.28. The van der Waals surface area contributed by atoms with Gasteiger partial charge in [0, 0.05) is 36.6 Å². The van der Waals surface area contributed by atoms with Crippen LogP contribution in [0.2, 0.25) is 0 Å². The van der Waals surface area contributed by atoms with Gasteiger partial charge in [0.25, 0.3) is 11.8 Å². The Morgan fingerprint density at radius 2 is 1.58 bits per heavy atom. The maximum atomic E-state index is 13.5. The molecule has 0 radical (unpaired) electrons. The Hall–Kier alpha value is -4.97. The molecule has 0 aliphatic carbocycles.